The number of hydrogen-bond acceptors (Lipinski definition) is 1. The van der Waals surface area contributed by atoms with E-state index in [1.807, 2.05) is 0 Å². The summed E-state index contributed by atoms with van der Waals surface area (Å²) in [5, 5.41) is 0. The lowest BCUT2D eigenvalue weighted by atomic mass is 10.1. The summed E-state index contributed by atoms with van der Waals surface area (Å²) in [7, 11) is 0. The van der Waals surface area contributed by atoms with Gasteiger partial charge in [0.1, 0.15) is 0 Å². The number of ether oxygens (including phenoxy) is 1. The van der Waals surface area contributed by atoms with Gasteiger partial charge in [-0.1, -0.05) is 6.92 Å². The molecule has 42 valence electrons. The smallest absolute Gasteiger partial charge is 0.0915 e. The molecule has 0 aromatic carbocycles. The van der Waals surface area contributed by atoms with E-state index in [4.69, 9.17) is 4.74 Å². The third-order valence-corrected chi connectivity index (χ3v) is 1.95. The highest BCUT2D eigenvalue weighted by molar-refractivity contribution is 4.94. The predicted molar refractivity (Wildman–Crippen MR) is 29.2 cm³/mol. The monoisotopic (exact) mass is 100 g/mol. The van der Waals surface area contributed by atoms with Gasteiger partial charge in [0.2, 0.25) is 0 Å². The number of rotatable bonds is 1. The Hall–Kier alpha value is -0.0400. The standard InChI is InChI=1S/C6H12O/c1-4-6(3)5(2)7-6/h5H,4H2,1-3H3/t5-,6-/m1/s1. The quantitative estimate of drug-likeness (QED) is 0.456. The molecule has 1 aliphatic rings. The number of epoxide rings is 1. The Morgan fingerprint density at radius 1 is 1.71 bits per heavy atom. The van der Waals surface area contributed by atoms with E-state index in [0.29, 0.717) is 6.10 Å². The van der Waals surface area contributed by atoms with E-state index in [1.54, 1.807) is 0 Å². The molecule has 0 bridgehead atoms. The van der Waals surface area contributed by atoms with Gasteiger partial charge in [0, 0.05) is 0 Å². The molecule has 1 saturated heterocycles. The third kappa shape index (κ3) is 0.653. The Morgan fingerprint density at radius 2 is 2.14 bits per heavy atom. The van der Waals surface area contributed by atoms with Crippen LogP contribution in [0.25, 0.3) is 0 Å². The fraction of sp³-hybridized carbons (Fsp3) is 1.00. The zero-order chi connectivity index (χ0) is 5.49. The van der Waals surface area contributed by atoms with Gasteiger partial charge in [0.15, 0.2) is 0 Å². The summed E-state index contributed by atoms with van der Waals surface area (Å²) in [4.78, 5) is 0. The highest BCUT2D eigenvalue weighted by Gasteiger charge is 2.46. The van der Waals surface area contributed by atoms with Gasteiger partial charge < -0.3 is 4.74 Å². The molecule has 0 amide bonds. The van der Waals surface area contributed by atoms with E-state index in [9.17, 15) is 0 Å². The zero-order valence-corrected chi connectivity index (χ0v) is 5.19. The minimum Gasteiger partial charge on any atom is -0.367 e. The average Bonchev–Trinajstić information content (AvgIpc) is 2.18. The second-order valence-electron chi connectivity index (χ2n) is 2.43. The van der Waals surface area contributed by atoms with Crippen LogP contribution in [0.2, 0.25) is 0 Å². The summed E-state index contributed by atoms with van der Waals surface area (Å²) in [5.74, 6) is 0. The third-order valence-electron chi connectivity index (χ3n) is 1.95. The Bertz CT molecular complexity index is 76.2. The van der Waals surface area contributed by atoms with Gasteiger partial charge >= 0.3 is 0 Å². The Labute approximate surface area is 44.7 Å². The van der Waals surface area contributed by atoms with Gasteiger partial charge in [-0.3, -0.25) is 0 Å². The molecule has 1 nitrogen and oxygen atoms in total. The maximum atomic E-state index is 5.25. The molecule has 1 heteroatoms. The van der Waals surface area contributed by atoms with E-state index in [0.717, 1.165) is 6.42 Å². The molecule has 0 aromatic heterocycles. The maximum absolute atomic E-state index is 5.25. The Kier molecular flexibility index (Phi) is 0.890. The molecule has 0 spiro atoms. The predicted octanol–water partition coefficient (Wildman–Crippen LogP) is 1.57. The first-order valence-electron chi connectivity index (χ1n) is 2.87. The first-order valence-corrected chi connectivity index (χ1v) is 2.87. The molecule has 7 heavy (non-hydrogen) atoms. The largest absolute Gasteiger partial charge is 0.367 e. The van der Waals surface area contributed by atoms with Crippen LogP contribution in [-0.4, -0.2) is 11.7 Å². The van der Waals surface area contributed by atoms with Crippen LogP contribution in [0.3, 0.4) is 0 Å². The molecule has 0 saturated carbocycles. The lowest BCUT2D eigenvalue weighted by molar-refractivity contribution is 0.306. The molecular weight excluding hydrogens is 88.1 g/mol. The fourth-order valence-corrected chi connectivity index (χ4v) is 0.741. The van der Waals surface area contributed by atoms with Crippen LogP contribution in [0.15, 0.2) is 0 Å². The van der Waals surface area contributed by atoms with Gasteiger partial charge in [-0.2, -0.15) is 0 Å². The Morgan fingerprint density at radius 3 is 2.14 bits per heavy atom. The van der Waals surface area contributed by atoms with Crippen molar-refractivity contribution in [3.63, 3.8) is 0 Å². The van der Waals surface area contributed by atoms with Crippen molar-refractivity contribution in [3.8, 4) is 0 Å². The van der Waals surface area contributed by atoms with Crippen molar-refractivity contribution in [3.05, 3.63) is 0 Å². The van der Waals surface area contributed by atoms with Crippen LogP contribution < -0.4 is 0 Å². The van der Waals surface area contributed by atoms with Gasteiger partial charge in [-0.25, -0.2) is 0 Å². The van der Waals surface area contributed by atoms with Gasteiger partial charge in [0.05, 0.1) is 11.7 Å². The van der Waals surface area contributed by atoms with Crippen molar-refractivity contribution in [1.29, 1.82) is 0 Å². The highest BCUT2D eigenvalue weighted by atomic mass is 16.6. The first kappa shape index (κ1) is 5.10. The summed E-state index contributed by atoms with van der Waals surface area (Å²) in [6.07, 6.45) is 1.66. The molecule has 0 aromatic rings. The zero-order valence-electron chi connectivity index (χ0n) is 5.19. The summed E-state index contributed by atoms with van der Waals surface area (Å²) in [6.45, 7) is 6.42. The summed E-state index contributed by atoms with van der Waals surface area (Å²) in [6, 6.07) is 0. The lowest BCUT2D eigenvalue weighted by Crippen LogP contribution is -2.03. The number of hydrogen-bond donors (Lipinski definition) is 0. The van der Waals surface area contributed by atoms with Gasteiger partial charge in [-0.05, 0) is 20.3 Å². The summed E-state index contributed by atoms with van der Waals surface area (Å²) >= 11 is 0. The van der Waals surface area contributed by atoms with Crippen molar-refractivity contribution in [2.24, 2.45) is 0 Å². The molecular formula is C6H12O. The molecule has 1 fully saturated rings. The van der Waals surface area contributed by atoms with Crippen LogP contribution in [0.4, 0.5) is 0 Å². The van der Waals surface area contributed by atoms with E-state index in [2.05, 4.69) is 20.8 Å². The minimum atomic E-state index is 0.250. The molecule has 2 atom stereocenters. The SMILES string of the molecule is CC[C@@]1(C)O[C@@H]1C. The molecule has 0 N–H and O–H groups in total. The van der Waals surface area contributed by atoms with E-state index in [1.165, 1.54) is 0 Å². The molecule has 1 aliphatic heterocycles. The van der Waals surface area contributed by atoms with Crippen LogP contribution >= 0.6 is 0 Å². The van der Waals surface area contributed by atoms with E-state index < -0.39 is 0 Å². The first-order chi connectivity index (χ1) is 3.19. The molecule has 1 rings (SSSR count). The van der Waals surface area contributed by atoms with Crippen molar-refractivity contribution >= 4 is 0 Å². The van der Waals surface area contributed by atoms with Crippen LogP contribution in [-0.2, 0) is 4.74 Å². The highest BCUT2D eigenvalue weighted by Crippen LogP contribution is 2.37. The molecule has 0 aliphatic carbocycles. The maximum Gasteiger partial charge on any atom is 0.0915 e. The van der Waals surface area contributed by atoms with Crippen molar-refractivity contribution < 1.29 is 4.74 Å². The van der Waals surface area contributed by atoms with Crippen molar-refractivity contribution in [2.45, 2.75) is 38.9 Å². The summed E-state index contributed by atoms with van der Waals surface area (Å²) < 4.78 is 5.25. The second kappa shape index (κ2) is 1.22. The fourth-order valence-electron chi connectivity index (χ4n) is 0.741. The minimum absolute atomic E-state index is 0.250. The second-order valence-corrected chi connectivity index (χ2v) is 2.43. The normalized spacial score (nSPS) is 49.3. The summed E-state index contributed by atoms with van der Waals surface area (Å²) in [5.41, 5.74) is 0.250. The Balaban J connectivity index is 2.36. The molecule has 1 heterocycles. The molecule has 0 radical (unpaired) electrons. The van der Waals surface area contributed by atoms with Crippen molar-refractivity contribution in [1.82, 2.24) is 0 Å². The average molecular weight is 100 g/mol. The topological polar surface area (TPSA) is 12.5 Å². The van der Waals surface area contributed by atoms with Gasteiger partial charge in [0.25, 0.3) is 0 Å². The molecule has 0 unspecified atom stereocenters. The van der Waals surface area contributed by atoms with Crippen LogP contribution in [0, 0.1) is 0 Å². The van der Waals surface area contributed by atoms with Crippen LogP contribution in [0.5, 0.6) is 0 Å². The van der Waals surface area contributed by atoms with E-state index >= 15 is 0 Å². The van der Waals surface area contributed by atoms with Gasteiger partial charge in [-0.15, -0.1) is 0 Å². The van der Waals surface area contributed by atoms with E-state index in [-0.39, 0.29) is 5.60 Å². The van der Waals surface area contributed by atoms with Crippen LogP contribution in [0.1, 0.15) is 27.2 Å². The van der Waals surface area contributed by atoms with Crippen molar-refractivity contribution in [2.75, 3.05) is 0 Å². The lowest BCUT2D eigenvalue weighted by Gasteiger charge is -1.94.